The largest absolute Gasteiger partial charge is 0.329 e. The van der Waals surface area contributed by atoms with Crippen LogP contribution >= 0.6 is 12.2 Å². The van der Waals surface area contributed by atoms with E-state index >= 15 is 0 Å². The van der Waals surface area contributed by atoms with Crippen molar-refractivity contribution in [2.45, 2.75) is 52.0 Å². The minimum atomic E-state index is -0.464. The topological polar surface area (TPSA) is 83.5 Å². The fourth-order valence-electron chi connectivity index (χ4n) is 3.26. The lowest BCUT2D eigenvalue weighted by Crippen LogP contribution is -2.31. The lowest BCUT2D eigenvalue weighted by atomic mass is 10.0. The summed E-state index contributed by atoms with van der Waals surface area (Å²) in [5.41, 5.74) is -0.361. The summed E-state index contributed by atoms with van der Waals surface area (Å²) < 4.78 is 1.82. The molecule has 7 heteroatoms. The molecule has 2 aromatic heterocycles. The molecular weight excluding hydrogens is 300 g/mol. The van der Waals surface area contributed by atoms with Gasteiger partial charge in [0, 0.05) is 13.0 Å². The van der Waals surface area contributed by atoms with Crippen LogP contribution in [0.4, 0.5) is 0 Å². The molecule has 0 saturated heterocycles. The average molecular weight is 320 g/mol. The van der Waals surface area contributed by atoms with Crippen molar-refractivity contribution < 1.29 is 0 Å². The van der Waals surface area contributed by atoms with Gasteiger partial charge in [-0.05, 0) is 12.3 Å². The summed E-state index contributed by atoms with van der Waals surface area (Å²) in [6.45, 7) is 2.52. The zero-order valence-corrected chi connectivity index (χ0v) is 13.5. The van der Waals surface area contributed by atoms with E-state index in [1.807, 2.05) is 6.92 Å². The Morgan fingerprint density at radius 1 is 1.27 bits per heavy atom. The molecule has 1 aliphatic carbocycles. The van der Waals surface area contributed by atoms with Crippen molar-refractivity contribution in [1.29, 1.82) is 0 Å². The van der Waals surface area contributed by atoms with Crippen LogP contribution in [0.15, 0.2) is 9.59 Å². The van der Waals surface area contributed by atoms with Crippen LogP contribution in [-0.4, -0.2) is 19.5 Å². The van der Waals surface area contributed by atoms with Crippen LogP contribution < -0.4 is 11.2 Å². The molecule has 2 aromatic rings. The Morgan fingerprint density at radius 3 is 2.68 bits per heavy atom. The maximum atomic E-state index is 12.0. The van der Waals surface area contributed by atoms with E-state index in [4.69, 9.17) is 12.2 Å². The highest BCUT2D eigenvalue weighted by atomic mass is 32.1. The lowest BCUT2D eigenvalue weighted by Gasteiger charge is -2.12. The lowest BCUT2D eigenvalue weighted by molar-refractivity contribution is 0.529. The van der Waals surface area contributed by atoms with Gasteiger partial charge >= 0.3 is 5.69 Å². The van der Waals surface area contributed by atoms with Crippen molar-refractivity contribution in [2.75, 3.05) is 0 Å². The molecule has 0 unspecified atom stereocenters. The molecule has 1 aliphatic rings. The predicted molar refractivity (Wildman–Crippen MR) is 87.8 cm³/mol. The maximum Gasteiger partial charge on any atom is 0.329 e. The zero-order chi connectivity index (χ0) is 15.7. The Bertz CT molecular complexity index is 858. The number of nitrogens with one attached hydrogen (secondary N) is 2. The van der Waals surface area contributed by atoms with Crippen molar-refractivity contribution >= 4 is 23.3 Å². The molecule has 2 N–H and O–H groups in total. The van der Waals surface area contributed by atoms with Gasteiger partial charge in [0.25, 0.3) is 5.56 Å². The van der Waals surface area contributed by atoms with Crippen LogP contribution in [0.3, 0.4) is 0 Å². The molecule has 0 aromatic carbocycles. The first-order valence-corrected chi connectivity index (χ1v) is 8.27. The molecule has 2 heterocycles. The number of aromatic amines is 2. The normalized spacial score (nSPS) is 15.7. The molecule has 1 saturated carbocycles. The van der Waals surface area contributed by atoms with Gasteiger partial charge in [0.2, 0.25) is 0 Å². The van der Waals surface area contributed by atoms with E-state index in [2.05, 4.69) is 15.0 Å². The first-order valence-electron chi connectivity index (χ1n) is 7.86. The van der Waals surface area contributed by atoms with Gasteiger partial charge in [-0.25, -0.2) is 9.78 Å². The van der Waals surface area contributed by atoms with Crippen molar-refractivity contribution in [3.05, 3.63) is 31.3 Å². The number of hydrogen-bond acceptors (Lipinski definition) is 4. The fourth-order valence-corrected chi connectivity index (χ4v) is 3.56. The number of nitrogens with zero attached hydrogens (tertiary/aromatic N) is 2. The second-order valence-corrected chi connectivity index (χ2v) is 6.36. The smallest absolute Gasteiger partial charge is 0.329 e. The number of hydrogen-bond donors (Lipinski definition) is 2. The summed E-state index contributed by atoms with van der Waals surface area (Å²) in [5.74, 6) is 1.39. The molecular formula is C15H20N4O2S. The summed E-state index contributed by atoms with van der Waals surface area (Å²) in [4.78, 5) is 34.0. The van der Waals surface area contributed by atoms with Gasteiger partial charge in [-0.15, -0.1) is 0 Å². The first-order chi connectivity index (χ1) is 10.6. The molecule has 0 aliphatic heterocycles. The van der Waals surface area contributed by atoms with Crippen LogP contribution in [0.2, 0.25) is 0 Å². The van der Waals surface area contributed by atoms with Gasteiger partial charge in [0.15, 0.2) is 0 Å². The SMILES string of the molecule is CCCn1c(=O)[nH]c(=O)c2c(=S)nc(CC3CCCC3)[nH]c21. The van der Waals surface area contributed by atoms with Gasteiger partial charge in [-0.1, -0.05) is 44.8 Å². The standard InChI is InChI=1S/C15H20N4O2S/c1-2-7-19-12-11(13(20)18-15(19)21)14(22)17-10(16-12)8-9-5-3-4-6-9/h9H,2-8H2,1H3,(H,16,17,22)(H,18,20,21). The Hall–Kier alpha value is -1.76. The van der Waals surface area contributed by atoms with Crippen LogP contribution in [-0.2, 0) is 13.0 Å². The number of fused-ring (bicyclic) bond motifs is 1. The number of rotatable bonds is 4. The van der Waals surface area contributed by atoms with E-state index in [1.54, 1.807) is 4.57 Å². The maximum absolute atomic E-state index is 12.0. The third-order valence-electron chi connectivity index (χ3n) is 4.32. The van der Waals surface area contributed by atoms with Crippen LogP contribution in [0.25, 0.3) is 11.0 Å². The third-order valence-corrected chi connectivity index (χ3v) is 4.61. The number of aryl methyl sites for hydroxylation is 1. The predicted octanol–water partition coefficient (Wildman–Crippen LogP) is 2.29. The minimum Gasteiger partial charge on any atom is -0.329 e. The fraction of sp³-hybridized carbons (Fsp3) is 0.600. The average Bonchev–Trinajstić information content (AvgIpc) is 2.95. The van der Waals surface area contributed by atoms with Crippen molar-refractivity contribution in [2.24, 2.45) is 5.92 Å². The molecule has 0 spiro atoms. The Balaban J connectivity index is 2.17. The third kappa shape index (κ3) is 2.77. The van der Waals surface area contributed by atoms with E-state index < -0.39 is 11.2 Å². The van der Waals surface area contributed by atoms with E-state index in [9.17, 15) is 9.59 Å². The Labute approximate surface area is 132 Å². The monoisotopic (exact) mass is 320 g/mol. The zero-order valence-electron chi connectivity index (χ0n) is 12.6. The molecule has 1 fully saturated rings. The summed E-state index contributed by atoms with van der Waals surface area (Å²) in [6, 6.07) is 0. The molecule has 6 nitrogen and oxygen atoms in total. The summed E-state index contributed by atoms with van der Waals surface area (Å²) in [6.07, 6.45) is 6.56. The van der Waals surface area contributed by atoms with Gasteiger partial charge in [0.05, 0.1) is 0 Å². The van der Waals surface area contributed by atoms with Crippen LogP contribution in [0.5, 0.6) is 0 Å². The Kier molecular flexibility index (Phi) is 4.24. The van der Waals surface area contributed by atoms with E-state index in [0.717, 1.165) is 18.7 Å². The molecule has 0 atom stereocenters. The molecule has 0 amide bonds. The highest BCUT2D eigenvalue weighted by Crippen LogP contribution is 2.27. The van der Waals surface area contributed by atoms with Crippen molar-refractivity contribution in [3.8, 4) is 0 Å². The number of H-pyrrole nitrogens is 2. The van der Waals surface area contributed by atoms with Gasteiger partial charge in [-0.2, -0.15) is 0 Å². The van der Waals surface area contributed by atoms with E-state index in [0.29, 0.717) is 23.5 Å². The van der Waals surface area contributed by atoms with Crippen LogP contribution in [0.1, 0.15) is 44.9 Å². The van der Waals surface area contributed by atoms with Crippen molar-refractivity contribution in [3.63, 3.8) is 0 Å². The second kappa shape index (κ2) is 6.16. The summed E-state index contributed by atoms with van der Waals surface area (Å²) in [5, 5.41) is 0.304. The van der Waals surface area contributed by atoms with E-state index in [-0.39, 0.29) is 4.64 Å². The van der Waals surface area contributed by atoms with Crippen molar-refractivity contribution in [1.82, 2.24) is 19.5 Å². The molecule has 118 valence electrons. The quantitative estimate of drug-likeness (QED) is 0.847. The summed E-state index contributed by atoms with van der Waals surface area (Å²) in [7, 11) is 0. The number of aromatic nitrogens is 4. The highest BCUT2D eigenvalue weighted by molar-refractivity contribution is 7.71. The second-order valence-electron chi connectivity index (χ2n) is 5.98. The van der Waals surface area contributed by atoms with Crippen LogP contribution in [0, 0.1) is 10.6 Å². The Morgan fingerprint density at radius 2 is 2.00 bits per heavy atom. The van der Waals surface area contributed by atoms with Gasteiger partial charge < -0.3 is 4.98 Å². The van der Waals surface area contributed by atoms with Gasteiger partial charge in [0.1, 0.15) is 21.5 Å². The van der Waals surface area contributed by atoms with Gasteiger partial charge in [-0.3, -0.25) is 14.3 Å². The molecule has 0 bridgehead atoms. The molecule has 3 rings (SSSR count). The minimum absolute atomic E-state index is 0.271. The summed E-state index contributed by atoms with van der Waals surface area (Å²) >= 11 is 5.29. The first kappa shape index (κ1) is 15.1. The molecule has 22 heavy (non-hydrogen) atoms. The van der Waals surface area contributed by atoms with E-state index in [1.165, 1.54) is 25.7 Å². The highest BCUT2D eigenvalue weighted by Gasteiger charge is 2.18. The molecule has 0 radical (unpaired) electrons.